The molecule has 1 N–H and O–H groups in total. The zero-order valence-electron chi connectivity index (χ0n) is 12.5. The summed E-state index contributed by atoms with van der Waals surface area (Å²) in [5.74, 6) is 0.446. The topological polar surface area (TPSA) is 78.4 Å². The van der Waals surface area contributed by atoms with Gasteiger partial charge in [0, 0.05) is 26.7 Å². The van der Waals surface area contributed by atoms with Gasteiger partial charge in [-0.05, 0) is 20.5 Å². The van der Waals surface area contributed by atoms with E-state index in [1.54, 1.807) is 7.05 Å². The molecule has 0 saturated heterocycles. The van der Waals surface area contributed by atoms with E-state index in [1.165, 1.54) is 16.7 Å². The van der Waals surface area contributed by atoms with Crippen molar-refractivity contribution >= 4 is 16.0 Å². The third-order valence-electron chi connectivity index (χ3n) is 2.73. The Labute approximate surface area is 121 Å². The van der Waals surface area contributed by atoms with Crippen molar-refractivity contribution in [2.45, 2.75) is 18.2 Å². The van der Waals surface area contributed by atoms with Crippen LogP contribution in [0.15, 0.2) is 17.3 Å². The Kier molecular flexibility index (Phi) is 6.31. The summed E-state index contributed by atoms with van der Waals surface area (Å²) in [6.45, 7) is 3.87. The first-order valence-electron chi connectivity index (χ1n) is 6.55. The van der Waals surface area contributed by atoms with Crippen LogP contribution >= 0.6 is 0 Å². The fraction of sp³-hybridized carbons (Fsp3) is 0.667. The van der Waals surface area contributed by atoms with E-state index in [0.29, 0.717) is 19.0 Å². The lowest BCUT2D eigenvalue weighted by Gasteiger charge is -2.19. The molecule has 0 amide bonds. The van der Waals surface area contributed by atoms with E-state index in [2.05, 4.69) is 15.3 Å². The molecule has 0 saturated carbocycles. The van der Waals surface area contributed by atoms with Crippen LogP contribution in [0.25, 0.3) is 0 Å². The average molecular weight is 301 g/mol. The van der Waals surface area contributed by atoms with Gasteiger partial charge in [-0.2, -0.15) is 4.31 Å². The van der Waals surface area contributed by atoms with Crippen LogP contribution in [0.1, 0.15) is 13.3 Å². The fourth-order valence-electron chi connectivity index (χ4n) is 1.42. The van der Waals surface area contributed by atoms with E-state index >= 15 is 0 Å². The minimum Gasteiger partial charge on any atom is -0.354 e. The second-order valence-electron chi connectivity index (χ2n) is 4.80. The van der Waals surface area contributed by atoms with Gasteiger partial charge in [0.2, 0.25) is 16.0 Å². The molecular weight excluding hydrogens is 278 g/mol. The molecule has 7 nitrogen and oxygen atoms in total. The molecule has 1 heterocycles. The van der Waals surface area contributed by atoms with Gasteiger partial charge in [0.15, 0.2) is 0 Å². The third kappa shape index (κ3) is 4.69. The SMILES string of the molecule is CCCNc1ncc(S(=O)(=O)N(C)CCN(C)C)cn1. The maximum Gasteiger partial charge on any atom is 0.245 e. The molecule has 1 aromatic heterocycles. The Bertz CT molecular complexity index is 501. The smallest absolute Gasteiger partial charge is 0.245 e. The second-order valence-corrected chi connectivity index (χ2v) is 6.84. The van der Waals surface area contributed by atoms with Crippen LogP contribution in [0.2, 0.25) is 0 Å². The first kappa shape index (κ1) is 16.8. The molecule has 1 aromatic rings. The molecule has 0 atom stereocenters. The Balaban J connectivity index is 2.76. The van der Waals surface area contributed by atoms with Crippen molar-refractivity contribution in [1.29, 1.82) is 0 Å². The lowest BCUT2D eigenvalue weighted by molar-refractivity contribution is 0.358. The Morgan fingerprint density at radius 1 is 1.15 bits per heavy atom. The Hall–Kier alpha value is -1.25. The third-order valence-corrected chi connectivity index (χ3v) is 4.54. The molecule has 0 aliphatic rings. The molecule has 0 aliphatic heterocycles. The number of likely N-dealkylation sites (N-methyl/N-ethyl adjacent to an activating group) is 2. The first-order valence-corrected chi connectivity index (χ1v) is 7.99. The molecule has 0 aliphatic carbocycles. The highest BCUT2D eigenvalue weighted by Crippen LogP contribution is 2.12. The molecule has 0 spiro atoms. The van der Waals surface area contributed by atoms with Gasteiger partial charge in [-0.15, -0.1) is 0 Å². The summed E-state index contributed by atoms with van der Waals surface area (Å²) < 4.78 is 25.9. The highest BCUT2D eigenvalue weighted by molar-refractivity contribution is 7.89. The largest absolute Gasteiger partial charge is 0.354 e. The number of hydrogen-bond donors (Lipinski definition) is 1. The summed E-state index contributed by atoms with van der Waals surface area (Å²) in [4.78, 5) is 10.1. The standard InChI is InChI=1S/C12H23N5O2S/c1-5-6-13-12-14-9-11(10-15-12)20(18,19)17(4)8-7-16(2)3/h9-10H,5-8H2,1-4H3,(H,13,14,15). The first-order chi connectivity index (χ1) is 9.37. The number of nitrogens with one attached hydrogen (secondary N) is 1. The molecule has 0 fully saturated rings. The van der Waals surface area contributed by atoms with Crippen molar-refractivity contribution < 1.29 is 8.42 Å². The van der Waals surface area contributed by atoms with E-state index < -0.39 is 10.0 Å². The van der Waals surface area contributed by atoms with Crippen LogP contribution < -0.4 is 5.32 Å². The van der Waals surface area contributed by atoms with Crippen molar-refractivity contribution in [1.82, 2.24) is 19.2 Å². The van der Waals surface area contributed by atoms with Gasteiger partial charge >= 0.3 is 0 Å². The molecule has 114 valence electrons. The minimum absolute atomic E-state index is 0.112. The van der Waals surface area contributed by atoms with Gasteiger partial charge in [-0.3, -0.25) is 0 Å². The van der Waals surface area contributed by atoms with Crippen LogP contribution in [0.4, 0.5) is 5.95 Å². The number of rotatable bonds is 8. The molecule has 1 rings (SSSR count). The number of anilines is 1. The monoisotopic (exact) mass is 301 g/mol. The zero-order valence-corrected chi connectivity index (χ0v) is 13.3. The van der Waals surface area contributed by atoms with Crippen LogP contribution in [-0.2, 0) is 10.0 Å². The molecular formula is C12H23N5O2S. The van der Waals surface area contributed by atoms with Gasteiger partial charge in [0.05, 0.1) is 12.4 Å². The highest BCUT2D eigenvalue weighted by Gasteiger charge is 2.21. The van der Waals surface area contributed by atoms with E-state index in [0.717, 1.165) is 13.0 Å². The van der Waals surface area contributed by atoms with Crippen molar-refractivity contribution in [3.8, 4) is 0 Å². The summed E-state index contributed by atoms with van der Waals surface area (Å²) in [5, 5.41) is 3.00. The van der Waals surface area contributed by atoms with Gasteiger partial charge in [0.25, 0.3) is 0 Å². The minimum atomic E-state index is -3.52. The lowest BCUT2D eigenvalue weighted by Crippen LogP contribution is -2.33. The normalized spacial score (nSPS) is 12.1. The summed E-state index contributed by atoms with van der Waals surface area (Å²) in [5.41, 5.74) is 0. The summed E-state index contributed by atoms with van der Waals surface area (Å²) in [7, 11) is 1.84. The van der Waals surface area contributed by atoms with Crippen molar-refractivity contribution in [3.05, 3.63) is 12.4 Å². The van der Waals surface area contributed by atoms with Crippen molar-refractivity contribution in [3.63, 3.8) is 0 Å². The number of aromatic nitrogens is 2. The van der Waals surface area contributed by atoms with Crippen molar-refractivity contribution in [2.75, 3.05) is 46.1 Å². The molecule has 0 unspecified atom stereocenters. The quantitative estimate of drug-likeness (QED) is 0.752. The van der Waals surface area contributed by atoms with Crippen LogP contribution in [0, 0.1) is 0 Å². The van der Waals surface area contributed by atoms with Gasteiger partial charge < -0.3 is 10.2 Å². The van der Waals surface area contributed by atoms with E-state index in [9.17, 15) is 8.42 Å². The van der Waals surface area contributed by atoms with E-state index in [-0.39, 0.29) is 4.90 Å². The van der Waals surface area contributed by atoms with Crippen LogP contribution in [0.5, 0.6) is 0 Å². The Morgan fingerprint density at radius 2 is 1.75 bits per heavy atom. The summed E-state index contributed by atoms with van der Waals surface area (Å²) in [6.07, 6.45) is 3.63. The Morgan fingerprint density at radius 3 is 2.25 bits per heavy atom. The molecule has 0 bridgehead atoms. The molecule has 20 heavy (non-hydrogen) atoms. The molecule has 0 aromatic carbocycles. The molecule has 8 heteroatoms. The van der Waals surface area contributed by atoms with Gasteiger partial charge in [-0.25, -0.2) is 18.4 Å². The predicted octanol–water partition coefficient (Wildman–Crippen LogP) is 0.481. The molecule has 0 radical (unpaired) electrons. The number of nitrogens with zero attached hydrogens (tertiary/aromatic N) is 4. The summed E-state index contributed by atoms with van der Waals surface area (Å²) in [6, 6.07) is 0. The predicted molar refractivity (Wildman–Crippen MR) is 79.2 cm³/mol. The maximum atomic E-state index is 12.3. The maximum absolute atomic E-state index is 12.3. The zero-order chi connectivity index (χ0) is 15.2. The van der Waals surface area contributed by atoms with Crippen LogP contribution in [0.3, 0.4) is 0 Å². The number of hydrogen-bond acceptors (Lipinski definition) is 6. The van der Waals surface area contributed by atoms with E-state index in [4.69, 9.17) is 0 Å². The lowest BCUT2D eigenvalue weighted by atomic mass is 10.5. The van der Waals surface area contributed by atoms with E-state index in [1.807, 2.05) is 25.9 Å². The second kappa shape index (κ2) is 7.51. The number of sulfonamides is 1. The average Bonchev–Trinajstić information content (AvgIpc) is 2.42. The highest BCUT2D eigenvalue weighted by atomic mass is 32.2. The van der Waals surface area contributed by atoms with Crippen molar-refractivity contribution in [2.24, 2.45) is 0 Å². The summed E-state index contributed by atoms with van der Waals surface area (Å²) >= 11 is 0. The van der Waals surface area contributed by atoms with Crippen LogP contribution in [-0.4, -0.2) is 68.4 Å². The fourth-order valence-corrected chi connectivity index (χ4v) is 2.47. The van der Waals surface area contributed by atoms with Gasteiger partial charge in [-0.1, -0.05) is 6.92 Å². The van der Waals surface area contributed by atoms with Gasteiger partial charge in [0.1, 0.15) is 4.90 Å².